The van der Waals surface area contributed by atoms with Crippen molar-refractivity contribution in [2.75, 3.05) is 46.5 Å². The molecule has 0 saturated carbocycles. The average Bonchev–Trinajstić information content (AvgIpc) is 3.08. The molecule has 29 heavy (non-hydrogen) atoms. The number of ether oxygens (including phenoxy) is 3. The summed E-state index contributed by atoms with van der Waals surface area (Å²) < 4.78 is 16.1. The fourth-order valence-electron chi connectivity index (χ4n) is 3.62. The second-order valence-corrected chi connectivity index (χ2v) is 7.51. The Morgan fingerprint density at radius 2 is 2.10 bits per heavy atom. The third-order valence-electron chi connectivity index (χ3n) is 5.07. The fraction of sp³-hybridized carbons (Fsp3) is 0.600. The molecule has 1 aromatic rings. The third-order valence-corrected chi connectivity index (χ3v) is 5.35. The molecule has 2 atom stereocenters. The monoisotopic (exact) mass is 537 g/mol. The summed E-state index contributed by atoms with van der Waals surface area (Å²) in [5.41, 5.74) is 1.05. The molecule has 162 valence electrons. The first-order valence-electron chi connectivity index (χ1n) is 9.72. The van der Waals surface area contributed by atoms with Crippen LogP contribution in [0.5, 0.6) is 11.5 Å². The number of nitrogens with one attached hydrogen (secondary N) is 1. The van der Waals surface area contributed by atoms with Crippen molar-refractivity contribution in [2.24, 2.45) is 16.8 Å². The number of halogens is 2. The van der Waals surface area contributed by atoms with E-state index in [1.54, 1.807) is 0 Å². The van der Waals surface area contributed by atoms with Crippen molar-refractivity contribution in [1.29, 1.82) is 0 Å². The summed E-state index contributed by atoms with van der Waals surface area (Å²) in [6.07, 6.45) is 0.731. The Morgan fingerprint density at radius 3 is 2.83 bits per heavy atom. The number of guanidine groups is 1. The van der Waals surface area contributed by atoms with Gasteiger partial charge in [0.25, 0.3) is 0 Å². The molecular weight excluding hydrogens is 509 g/mol. The summed E-state index contributed by atoms with van der Waals surface area (Å²) in [5.74, 6) is 2.09. The van der Waals surface area contributed by atoms with Crippen LogP contribution in [0, 0.1) is 11.8 Å². The van der Waals surface area contributed by atoms with Gasteiger partial charge in [-0.15, -0.1) is 24.0 Å². The molecule has 1 aromatic carbocycles. The van der Waals surface area contributed by atoms with Gasteiger partial charge in [0.1, 0.15) is 13.2 Å². The highest BCUT2D eigenvalue weighted by Gasteiger charge is 2.36. The molecule has 2 aliphatic rings. The molecular formula is C20H29ClIN3O4. The van der Waals surface area contributed by atoms with E-state index in [0.29, 0.717) is 42.8 Å². The molecule has 7 nitrogen and oxygen atoms in total. The smallest absolute Gasteiger partial charge is 0.310 e. The molecule has 0 aromatic heterocycles. The van der Waals surface area contributed by atoms with Gasteiger partial charge < -0.3 is 24.4 Å². The summed E-state index contributed by atoms with van der Waals surface area (Å²) in [4.78, 5) is 18.8. The van der Waals surface area contributed by atoms with Crippen LogP contribution >= 0.6 is 35.6 Å². The molecule has 9 heteroatoms. The molecule has 0 amide bonds. The number of benzene rings is 1. The van der Waals surface area contributed by atoms with Crippen molar-refractivity contribution in [3.63, 3.8) is 0 Å². The van der Waals surface area contributed by atoms with Gasteiger partial charge in [-0.2, -0.15) is 0 Å². The van der Waals surface area contributed by atoms with Gasteiger partial charge in [-0.25, -0.2) is 0 Å². The number of rotatable bonds is 5. The van der Waals surface area contributed by atoms with Gasteiger partial charge >= 0.3 is 5.97 Å². The minimum absolute atomic E-state index is 0. The van der Waals surface area contributed by atoms with Gasteiger partial charge in [-0.3, -0.25) is 9.79 Å². The van der Waals surface area contributed by atoms with E-state index in [4.69, 9.17) is 30.8 Å². The molecule has 3 rings (SSSR count). The average molecular weight is 538 g/mol. The number of esters is 1. The minimum Gasteiger partial charge on any atom is -0.486 e. The molecule has 0 aliphatic carbocycles. The molecule has 1 N–H and O–H groups in total. The zero-order valence-corrected chi connectivity index (χ0v) is 20.2. The molecule has 0 radical (unpaired) electrons. The molecule has 0 bridgehead atoms. The van der Waals surface area contributed by atoms with E-state index in [1.165, 1.54) is 7.11 Å². The van der Waals surface area contributed by atoms with Crippen molar-refractivity contribution in [2.45, 2.75) is 20.3 Å². The summed E-state index contributed by atoms with van der Waals surface area (Å²) >= 11 is 6.31. The molecule has 1 saturated heterocycles. The topological polar surface area (TPSA) is 72.4 Å². The Balaban J connectivity index is 0.00000300. The highest BCUT2D eigenvalue weighted by Crippen LogP contribution is 2.38. The number of carbonyl (C=O) groups excluding carboxylic acids is 1. The number of aliphatic imine (C=N–C) groups is 1. The van der Waals surface area contributed by atoms with Crippen LogP contribution in [-0.2, 0) is 16.0 Å². The number of carbonyl (C=O) groups is 1. The first kappa shape index (κ1) is 23.9. The molecule has 2 unspecified atom stereocenters. The predicted octanol–water partition coefficient (Wildman–Crippen LogP) is 2.98. The van der Waals surface area contributed by atoms with Crippen LogP contribution < -0.4 is 14.8 Å². The van der Waals surface area contributed by atoms with Gasteiger partial charge in [0.15, 0.2) is 17.5 Å². The van der Waals surface area contributed by atoms with Crippen LogP contribution in [0.1, 0.15) is 19.4 Å². The number of methoxy groups -OCH3 is 1. The lowest BCUT2D eigenvalue weighted by Gasteiger charge is -2.22. The van der Waals surface area contributed by atoms with Crippen molar-refractivity contribution < 1.29 is 19.0 Å². The quantitative estimate of drug-likeness (QED) is 0.270. The van der Waals surface area contributed by atoms with Gasteiger partial charge in [0, 0.05) is 26.2 Å². The fourth-order valence-corrected chi connectivity index (χ4v) is 3.91. The first-order chi connectivity index (χ1) is 13.5. The van der Waals surface area contributed by atoms with Crippen molar-refractivity contribution in [1.82, 2.24) is 10.2 Å². The van der Waals surface area contributed by atoms with Crippen molar-refractivity contribution in [3.05, 3.63) is 22.7 Å². The largest absolute Gasteiger partial charge is 0.486 e. The maximum Gasteiger partial charge on any atom is 0.310 e. The second kappa shape index (κ2) is 11.1. The Labute approximate surface area is 194 Å². The Bertz CT molecular complexity index is 747. The standard InChI is InChI=1S/C20H28ClN3O4.HI/c1-4-22-20(24-11-13(2)15(12-24)19(25)26-3)23-6-5-14-9-16(21)18-17(10-14)27-7-8-28-18;/h9-10,13,15H,4-8,11-12H2,1-3H3,(H,22,23);1H. The van der Waals surface area contributed by atoms with Gasteiger partial charge in [0.2, 0.25) is 0 Å². The number of fused-ring (bicyclic) bond motifs is 1. The third kappa shape index (κ3) is 5.81. The van der Waals surface area contributed by atoms with E-state index in [9.17, 15) is 4.79 Å². The van der Waals surface area contributed by atoms with Gasteiger partial charge in [0.05, 0.1) is 18.1 Å². The Kier molecular flexibility index (Phi) is 9.13. The van der Waals surface area contributed by atoms with Gasteiger partial charge in [-0.05, 0) is 37.0 Å². The van der Waals surface area contributed by atoms with Crippen molar-refractivity contribution >= 4 is 47.5 Å². The Hall–Kier alpha value is -1.42. The molecule has 2 aliphatic heterocycles. The minimum atomic E-state index is -0.156. The summed E-state index contributed by atoms with van der Waals surface area (Å²) in [6.45, 7) is 7.93. The highest BCUT2D eigenvalue weighted by molar-refractivity contribution is 14.0. The van der Waals surface area contributed by atoms with Crippen LogP contribution in [-0.4, -0.2) is 63.3 Å². The molecule has 0 spiro atoms. The van der Waals surface area contributed by atoms with E-state index in [-0.39, 0.29) is 41.8 Å². The van der Waals surface area contributed by atoms with Gasteiger partial charge in [-0.1, -0.05) is 18.5 Å². The van der Waals surface area contributed by atoms with Crippen LogP contribution in [0.3, 0.4) is 0 Å². The summed E-state index contributed by atoms with van der Waals surface area (Å²) in [5, 5.41) is 3.89. The number of hydrogen-bond acceptors (Lipinski definition) is 5. The van der Waals surface area contributed by atoms with Crippen LogP contribution in [0.2, 0.25) is 5.02 Å². The zero-order chi connectivity index (χ0) is 20.1. The molecule has 2 heterocycles. The zero-order valence-electron chi connectivity index (χ0n) is 17.1. The van der Waals surface area contributed by atoms with E-state index in [2.05, 4.69) is 17.1 Å². The first-order valence-corrected chi connectivity index (χ1v) is 10.1. The maximum atomic E-state index is 12.0. The number of likely N-dealkylation sites (tertiary alicyclic amines) is 1. The normalized spacial score (nSPS) is 20.8. The lowest BCUT2D eigenvalue weighted by molar-refractivity contribution is -0.145. The SMILES string of the molecule is CCNC(=NCCc1cc(Cl)c2c(c1)OCCO2)N1CC(C)C(C(=O)OC)C1.I. The van der Waals surface area contributed by atoms with Crippen molar-refractivity contribution in [3.8, 4) is 11.5 Å². The second-order valence-electron chi connectivity index (χ2n) is 7.10. The van der Waals surface area contributed by atoms with E-state index in [0.717, 1.165) is 31.0 Å². The molecule has 1 fully saturated rings. The lowest BCUT2D eigenvalue weighted by Crippen LogP contribution is -2.40. The summed E-state index contributed by atoms with van der Waals surface area (Å²) in [7, 11) is 1.44. The van der Waals surface area contributed by atoms with E-state index in [1.807, 2.05) is 19.1 Å². The maximum absolute atomic E-state index is 12.0. The van der Waals surface area contributed by atoms with E-state index >= 15 is 0 Å². The number of hydrogen-bond donors (Lipinski definition) is 1. The Morgan fingerprint density at radius 1 is 1.34 bits per heavy atom. The van der Waals surface area contributed by atoms with E-state index < -0.39 is 0 Å². The highest BCUT2D eigenvalue weighted by atomic mass is 127. The van der Waals surface area contributed by atoms with Crippen LogP contribution in [0.15, 0.2) is 17.1 Å². The lowest BCUT2D eigenvalue weighted by atomic mass is 9.99. The predicted molar refractivity (Wildman–Crippen MR) is 124 cm³/mol. The summed E-state index contributed by atoms with van der Waals surface area (Å²) in [6, 6.07) is 3.87. The van der Waals surface area contributed by atoms with Crippen LogP contribution in [0.25, 0.3) is 0 Å². The number of nitrogens with zero attached hydrogens (tertiary/aromatic N) is 2. The van der Waals surface area contributed by atoms with Crippen LogP contribution in [0.4, 0.5) is 0 Å².